The Labute approximate surface area is 157 Å². The van der Waals surface area contributed by atoms with Crippen molar-refractivity contribution < 1.29 is 9.18 Å². The summed E-state index contributed by atoms with van der Waals surface area (Å²) < 4.78 is 13.6. The van der Waals surface area contributed by atoms with Crippen molar-refractivity contribution in [3.63, 3.8) is 0 Å². The van der Waals surface area contributed by atoms with Gasteiger partial charge in [0.2, 0.25) is 0 Å². The molecule has 1 amide bonds. The van der Waals surface area contributed by atoms with Crippen molar-refractivity contribution in [2.45, 2.75) is 20.3 Å². The minimum atomic E-state index is -0.336. The number of benzene rings is 2. The van der Waals surface area contributed by atoms with Crippen LogP contribution in [0.25, 0.3) is 0 Å². The van der Waals surface area contributed by atoms with Crippen LogP contribution in [0.4, 0.5) is 15.9 Å². The summed E-state index contributed by atoms with van der Waals surface area (Å²) in [5, 5.41) is 5.93. The maximum atomic E-state index is 13.6. The lowest BCUT2D eigenvalue weighted by molar-refractivity contribution is 0.0948. The first kappa shape index (κ1) is 18.5. The summed E-state index contributed by atoms with van der Waals surface area (Å²) >= 11 is 0. The van der Waals surface area contributed by atoms with Crippen LogP contribution in [-0.4, -0.2) is 22.4 Å². The van der Waals surface area contributed by atoms with E-state index >= 15 is 0 Å². The first-order chi connectivity index (χ1) is 13.0. The van der Waals surface area contributed by atoms with Gasteiger partial charge in [0, 0.05) is 12.2 Å². The van der Waals surface area contributed by atoms with Crippen molar-refractivity contribution in [1.82, 2.24) is 15.3 Å². The standard InChI is InChI=1S/C21H21FN4O/c1-14-6-5-9-18(15(14)2)26-20-13-24-19(12-25-20)21(27)23-11-10-16-7-3-4-8-17(16)22/h3-9,12-13H,10-11H2,1-2H3,(H,23,27)(H,25,26). The van der Waals surface area contributed by atoms with Crippen LogP contribution in [0.2, 0.25) is 0 Å². The van der Waals surface area contributed by atoms with Crippen LogP contribution < -0.4 is 10.6 Å². The third-order valence-electron chi connectivity index (χ3n) is 4.39. The van der Waals surface area contributed by atoms with Crippen molar-refractivity contribution in [3.05, 3.63) is 83.1 Å². The number of carbonyl (C=O) groups excluding carboxylic acids is 1. The number of anilines is 2. The highest BCUT2D eigenvalue weighted by molar-refractivity contribution is 5.92. The largest absolute Gasteiger partial charge is 0.350 e. The molecule has 3 rings (SSSR count). The number of carbonyl (C=O) groups is 1. The lowest BCUT2D eigenvalue weighted by Crippen LogP contribution is -2.26. The SMILES string of the molecule is Cc1cccc(Nc2cnc(C(=O)NCCc3ccccc3F)cn2)c1C. The zero-order chi connectivity index (χ0) is 19.2. The van der Waals surface area contributed by atoms with Gasteiger partial charge in [0.15, 0.2) is 0 Å². The van der Waals surface area contributed by atoms with Crippen molar-refractivity contribution in [2.75, 3.05) is 11.9 Å². The van der Waals surface area contributed by atoms with E-state index < -0.39 is 0 Å². The maximum absolute atomic E-state index is 13.6. The van der Waals surface area contributed by atoms with Gasteiger partial charge in [-0.3, -0.25) is 4.79 Å². The quantitative estimate of drug-likeness (QED) is 0.695. The summed E-state index contributed by atoms with van der Waals surface area (Å²) in [5.74, 6) is -0.0443. The molecular weight excluding hydrogens is 343 g/mol. The molecule has 0 aliphatic carbocycles. The van der Waals surface area contributed by atoms with Crippen LogP contribution in [0.1, 0.15) is 27.2 Å². The van der Waals surface area contributed by atoms with E-state index in [4.69, 9.17) is 0 Å². The zero-order valence-corrected chi connectivity index (χ0v) is 15.3. The number of hydrogen-bond acceptors (Lipinski definition) is 4. The van der Waals surface area contributed by atoms with E-state index in [9.17, 15) is 9.18 Å². The Bertz CT molecular complexity index is 941. The first-order valence-electron chi connectivity index (χ1n) is 8.71. The van der Waals surface area contributed by atoms with Crippen molar-refractivity contribution in [3.8, 4) is 0 Å². The Morgan fingerprint density at radius 1 is 1.04 bits per heavy atom. The van der Waals surface area contributed by atoms with E-state index in [-0.39, 0.29) is 17.4 Å². The van der Waals surface area contributed by atoms with Gasteiger partial charge in [-0.2, -0.15) is 0 Å². The van der Waals surface area contributed by atoms with Crippen LogP contribution in [0.5, 0.6) is 0 Å². The molecule has 0 atom stereocenters. The number of aromatic nitrogens is 2. The smallest absolute Gasteiger partial charge is 0.271 e. The normalized spacial score (nSPS) is 10.5. The fourth-order valence-electron chi connectivity index (χ4n) is 2.64. The summed E-state index contributed by atoms with van der Waals surface area (Å²) in [6, 6.07) is 12.5. The number of nitrogens with zero attached hydrogens (tertiary/aromatic N) is 2. The maximum Gasteiger partial charge on any atom is 0.271 e. The molecule has 27 heavy (non-hydrogen) atoms. The van der Waals surface area contributed by atoms with Crippen molar-refractivity contribution in [2.24, 2.45) is 0 Å². The molecule has 138 valence electrons. The van der Waals surface area contributed by atoms with E-state index in [0.717, 1.165) is 11.3 Å². The second kappa shape index (κ2) is 8.40. The second-order valence-corrected chi connectivity index (χ2v) is 6.26. The lowest BCUT2D eigenvalue weighted by Gasteiger charge is -2.11. The van der Waals surface area contributed by atoms with Crippen LogP contribution >= 0.6 is 0 Å². The molecule has 0 saturated heterocycles. The van der Waals surface area contributed by atoms with E-state index in [1.807, 2.05) is 32.0 Å². The van der Waals surface area contributed by atoms with Crippen molar-refractivity contribution in [1.29, 1.82) is 0 Å². The Kier molecular flexibility index (Phi) is 5.76. The van der Waals surface area contributed by atoms with Gasteiger partial charge >= 0.3 is 0 Å². The molecule has 3 aromatic rings. The Morgan fingerprint density at radius 3 is 2.59 bits per heavy atom. The second-order valence-electron chi connectivity index (χ2n) is 6.26. The average molecular weight is 364 g/mol. The van der Waals surface area contributed by atoms with Crippen LogP contribution in [0.15, 0.2) is 54.9 Å². The van der Waals surface area contributed by atoms with Gasteiger partial charge in [-0.05, 0) is 49.1 Å². The predicted molar refractivity (Wildman–Crippen MR) is 104 cm³/mol. The molecule has 0 bridgehead atoms. The number of rotatable bonds is 6. The third-order valence-corrected chi connectivity index (χ3v) is 4.39. The van der Waals surface area contributed by atoms with Crippen LogP contribution in [0.3, 0.4) is 0 Å². The molecule has 1 heterocycles. The molecule has 0 fully saturated rings. The fraction of sp³-hybridized carbons (Fsp3) is 0.190. The average Bonchev–Trinajstić information content (AvgIpc) is 2.67. The van der Waals surface area contributed by atoms with Gasteiger partial charge in [0.05, 0.1) is 12.4 Å². The van der Waals surface area contributed by atoms with E-state index in [1.54, 1.807) is 18.2 Å². The van der Waals surface area contributed by atoms with Crippen molar-refractivity contribution >= 4 is 17.4 Å². The molecule has 0 radical (unpaired) electrons. The zero-order valence-electron chi connectivity index (χ0n) is 15.3. The Hall–Kier alpha value is -3.28. The van der Waals surface area contributed by atoms with Gasteiger partial charge in [-0.15, -0.1) is 0 Å². The molecule has 6 heteroatoms. The topological polar surface area (TPSA) is 66.9 Å². The summed E-state index contributed by atoms with van der Waals surface area (Å²) in [7, 11) is 0. The summed E-state index contributed by atoms with van der Waals surface area (Å²) in [6.07, 6.45) is 3.36. The van der Waals surface area contributed by atoms with E-state index in [1.165, 1.54) is 24.0 Å². The fourth-order valence-corrected chi connectivity index (χ4v) is 2.64. The molecule has 1 aromatic heterocycles. The first-order valence-corrected chi connectivity index (χ1v) is 8.71. The highest BCUT2D eigenvalue weighted by atomic mass is 19.1. The van der Waals surface area contributed by atoms with Gasteiger partial charge < -0.3 is 10.6 Å². The lowest BCUT2D eigenvalue weighted by atomic mass is 10.1. The molecule has 5 nitrogen and oxygen atoms in total. The van der Waals surface area contributed by atoms with Gasteiger partial charge in [-0.25, -0.2) is 14.4 Å². The predicted octanol–water partition coefficient (Wildman–Crippen LogP) is 3.95. The van der Waals surface area contributed by atoms with Gasteiger partial charge in [-0.1, -0.05) is 30.3 Å². The summed E-state index contributed by atoms with van der Waals surface area (Å²) in [6.45, 7) is 4.40. The molecule has 2 aromatic carbocycles. The molecule has 0 unspecified atom stereocenters. The van der Waals surface area contributed by atoms with E-state index in [2.05, 4.69) is 20.6 Å². The molecule has 0 aliphatic heterocycles. The highest BCUT2D eigenvalue weighted by Crippen LogP contribution is 2.21. The molecule has 0 aliphatic rings. The number of halogens is 1. The number of aryl methyl sites for hydroxylation is 1. The molecular formula is C21H21FN4O. The van der Waals surface area contributed by atoms with Crippen LogP contribution in [-0.2, 0) is 6.42 Å². The monoisotopic (exact) mass is 364 g/mol. The van der Waals surface area contributed by atoms with Gasteiger partial charge in [0.1, 0.15) is 17.3 Å². The van der Waals surface area contributed by atoms with Crippen LogP contribution in [0, 0.1) is 19.7 Å². The number of hydrogen-bond donors (Lipinski definition) is 2. The number of amides is 1. The summed E-state index contributed by atoms with van der Waals surface area (Å²) in [4.78, 5) is 20.6. The minimum Gasteiger partial charge on any atom is -0.350 e. The Balaban J connectivity index is 1.57. The minimum absolute atomic E-state index is 0.218. The third kappa shape index (κ3) is 4.67. The molecule has 0 saturated carbocycles. The Morgan fingerprint density at radius 2 is 1.85 bits per heavy atom. The molecule has 2 N–H and O–H groups in total. The summed E-state index contributed by atoms with van der Waals surface area (Å²) in [5.41, 5.74) is 4.05. The van der Waals surface area contributed by atoms with E-state index in [0.29, 0.717) is 24.3 Å². The van der Waals surface area contributed by atoms with Gasteiger partial charge in [0.25, 0.3) is 5.91 Å². The number of nitrogens with one attached hydrogen (secondary N) is 2. The highest BCUT2D eigenvalue weighted by Gasteiger charge is 2.09. The molecule has 0 spiro atoms.